The van der Waals surface area contributed by atoms with E-state index in [1.807, 2.05) is 6.92 Å². The molecule has 1 aliphatic heterocycles. The van der Waals surface area contributed by atoms with Crippen LogP contribution < -0.4 is 0 Å². The van der Waals surface area contributed by atoms with Crippen LogP contribution in [0.15, 0.2) is 15.7 Å². The molecule has 0 saturated heterocycles. The lowest BCUT2D eigenvalue weighted by Gasteiger charge is -2.13. The van der Waals surface area contributed by atoms with Gasteiger partial charge in [0.1, 0.15) is 5.17 Å². The Labute approximate surface area is 78.3 Å². The molecular weight excluding hydrogens is 233 g/mol. The van der Waals surface area contributed by atoms with Crippen molar-refractivity contribution in [3.63, 3.8) is 0 Å². The minimum absolute atomic E-state index is 0.0797. The van der Waals surface area contributed by atoms with Gasteiger partial charge in [-0.05, 0) is 15.9 Å². The van der Waals surface area contributed by atoms with Gasteiger partial charge in [-0.1, -0.05) is 30.7 Å². The molecule has 0 aromatic heterocycles. The third kappa shape index (κ3) is 1.47. The fourth-order valence-corrected chi connectivity index (χ4v) is 1.44. The molecule has 0 spiro atoms. The highest BCUT2D eigenvalue weighted by atomic mass is 79.9. The molecule has 0 fully saturated rings. The summed E-state index contributed by atoms with van der Waals surface area (Å²) >= 11 is 14.0. The van der Waals surface area contributed by atoms with E-state index in [4.69, 9.17) is 23.8 Å². The largest absolute Gasteiger partial charge is 0.247 e. The number of aliphatic imine (C=N–C) groups is 1. The highest BCUT2D eigenvalue weighted by molar-refractivity contribution is 9.12. The zero-order chi connectivity index (χ0) is 7.72. The Bertz CT molecular complexity index is 232. The van der Waals surface area contributed by atoms with Crippen LogP contribution in [0.3, 0.4) is 0 Å². The van der Waals surface area contributed by atoms with Gasteiger partial charge in [-0.2, -0.15) is 0 Å². The summed E-state index contributed by atoms with van der Waals surface area (Å²) in [6.07, 6.45) is 1.63. The lowest BCUT2D eigenvalue weighted by Crippen LogP contribution is -2.17. The molecule has 0 radical (unpaired) electrons. The third-order valence-electron chi connectivity index (χ3n) is 1.29. The van der Waals surface area contributed by atoms with Crippen molar-refractivity contribution in [3.8, 4) is 0 Å². The normalized spacial score (nSPS) is 25.9. The first-order chi connectivity index (χ1) is 4.63. The molecule has 1 rings (SSSR count). The van der Waals surface area contributed by atoms with Crippen molar-refractivity contribution < 1.29 is 0 Å². The molecule has 54 valence electrons. The number of rotatable bonds is 0. The Morgan fingerprint density at radius 3 is 2.90 bits per heavy atom. The summed E-state index contributed by atoms with van der Waals surface area (Å²) in [4.78, 5) is 4.75. The standard InChI is InChI=1S/C6H5BrClNS/c1-3-5(10)4(7)2-9-6(3)8/h2-3H,1H3. The van der Waals surface area contributed by atoms with Gasteiger partial charge in [0.2, 0.25) is 0 Å². The van der Waals surface area contributed by atoms with Gasteiger partial charge in [-0.25, -0.2) is 4.99 Å². The first-order valence-electron chi connectivity index (χ1n) is 2.76. The molecule has 0 N–H and O–H groups in total. The molecule has 0 bridgehead atoms. The molecule has 4 heteroatoms. The summed E-state index contributed by atoms with van der Waals surface area (Å²) < 4.78 is 0.861. The smallest absolute Gasteiger partial charge is 0.114 e. The number of nitrogens with zero attached hydrogens (tertiary/aromatic N) is 1. The van der Waals surface area contributed by atoms with Crippen LogP contribution in [-0.4, -0.2) is 10.0 Å². The van der Waals surface area contributed by atoms with Gasteiger partial charge in [0, 0.05) is 17.0 Å². The van der Waals surface area contributed by atoms with Gasteiger partial charge < -0.3 is 0 Å². The zero-order valence-electron chi connectivity index (χ0n) is 5.27. The highest BCUT2D eigenvalue weighted by Gasteiger charge is 2.18. The van der Waals surface area contributed by atoms with E-state index in [0.29, 0.717) is 5.17 Å². The average Bonchev–Trinajstić information content (AvgIpc) is 1.93. The van der Waals surface area contributed by atoms with E-state index in [1.54, 1.807) is 6.20 Å². The van der Waals surface area contributed by atoms with Crippen LogP contribution in [0.4, 0.5) is 0 Å². The highest BCUT2D eigenvalue weighted by Crippen LogP contribution is 2.22. The van der Waals surface area contributed by atoms with Crippen LogP contribution in [0.5, 0.6) is 0 Å². The number of allylic oxidation sites excluding steroid dienone is 1. The Hall–Kier alpha value is 0.270. The average molecular weight is 239 g/mol. The monoisotopic (exact) mass is 237 g/mol. The number of thiocarbonyl (C=S) groups is 1. The van der Waals surface area contributed by atoms with E-state index < -0.39 is 0 Å². The van der Waals surface area contributed by atoms with Gasteiger partial charge >= 0.3 is 0 Å². The number of halogens is 2. The predicted octanol–water partition coefficient (Wildman–Crippen LogP) is 2.88. The molecule has 0 aromatic carbocycles. The summed E-state index contributed by atoms with van der Waals surface area (Å²) in [5, 5.41) is 0.563. The molecule has 1 nitrogen and oxygen atoms in total. The van der Waals surface area contributed by atoms with Crippen molar-refractivity contribution in [2.24, 2.45) is 10.9 Å². The molecule has 1 aliphatic rings. The fourth-order valence-electron chi connectivity index (χ4n) is 0.609. The van der Waals surface area contributed by atoms with E-state index >= 15 is 0 Å². The maximum Gasteiger partial charge on any atom is 0.114 e. The van der Waals surface area contributed by atoms with Crippen molar-refractivity contribution >= 4 is 49.8 Å². The Balaban J connectivity index is 2.97. The minimum atomic E-state index is 0.0797. The van der Waals surface area contributed by atoms with Crippen LogP contribution in [0.25, 0.3) is 0 Å². The first kappa shape index (κ1) is 8.37. The molecule has 1 heterocycles. The van der Waals surface area contributed by atoms with Crippen molar-refractivity contribution in [2.45, 2.75) is 6.92 Å². The Morgan fingerprint density at radius 1 is 1.80 bits per heavy atom. The third-order valence-corrected chi connectivity index (χ3v) is 3.18. The van der Waals surface area contributed by atoms with E-state index in [0.717, 1.165) is 9.35 Å². The second kappa shape index (κ2) is 3.11. The van der Waals surface area contributed by atoms with Crippen LogP contribution in [-0.2, 0) is 0 Å². The van der Waals surface area contributed by atoms with Gasteiger partial charge in [-0.15, -0.1) is 0 Å². The van der Waals surface area contributed by atoms with Crippen molar-refractivity contribution in [1.82, 2.24) is 0 Å². The van der Waals surface area contributed by atoms with Gasteiger partial charge in [0.15, 0.2) is 0 Å². The summed E-state index contributed by atoms with van der Waals surface area (Å²) in [6, 6.07) is 0. The molecule has 0 amide bonds. The van der Waals surface area contributed by atoms with E-state index in [1.165, 1.54) is 0 Å². The summed E-state index contributed by atoms with van der Waals surface area (Å²) in [6.45, 7) is 1.93. The van der Waals surface area contributed by atoms with E-state index in [-0.39, 0.29) is 5.92 Å². The topological polar surface area (TPSA) is 12.4 Å². The molecule has 10 heavy (non-hydrogen) atoms. The Kier molecular flexibility index (Phi) is 2.61. The molecule has 1 atom stereocenters. The maximum absolute atomic E-state index is 5.72. The molecule has 0 saturated carbocycles. The second-order valence-corrected chi connectivity index (χ2v) is 3.70. The van der Waals surface area contributed by atoms with Gasteiger partial charge in [-0.3, -0.25) is 0 Å². The lowest BCUT2D eigenvalue weighted by molar-refractivity contribution is 1.09. The van der Waals surface area contributed by atoms with Gasteiger partial charge in [0.25, 0.3) is 0 Å². The Morgan fingerprint density at radius 2 is 2.40 bits per heavy atom. The maximum atomic E-state index is 5.72. The van der Waals surface area contributed by atoms with Crippen LogP contribution in [0.2, 0.25) is 0 Å². The molecule has 0 aliphatic carbocycles. The number of hydrogen-bond donors (Lipinski definition) is 0. The quantitative estimate of drug-likeness (QED) is 0.591. The van der Waals surface area contributed by atoms with Crippen LogP contribution >= 0.6 is 39.7 Å². The van der Waals surface area contributed by atoms with E-state index in [2.05, 4.69) is 20.9 Å². The molecular formula is C6H5BrClNS. The molecule has 0 aromatic rings. The second-order valence-electron chi connectivity index (χ2n) is 2.01. The van der Waals surface area contributed by atoms with Crippen molar-refractivity contribution in [1.29, 1.82) is 0 Å². The SMILES string of the molecule is CC1C(=S)C(Br)=CN=C1Cl. The lowest BCUT2D eigenvalue weighted by atomic mass is 10.1. The first-order valence-corrected chi connectivity index (χ1v) is 4.34. The van der Waals surface area contributed by atoms with Crippen molar-refractivity contribution in [3.05, 3.63) is 10.7 Å². The van der Waals surface area contributed by atoms with Gasteiger partial charge in [0.05, 0.1) is 4.48 Å². The summed E-state index contributed by atoms with van der Waals surface area (Å²) in [7, 11) is 0. The minimum Gasteiger partial charge on any atom is -0.247 e. The fraction of sp³-hybridized carbons (Fsp3) is 0.333. The van der Waals surface area contributed by atoms with Crippen molar-refractivity contribution in [2.75, 3.05) is 0 Å². The van der Waals surface area contributed by atoms with E-state index in [9.17, 15) is 0 Å². The van der Waals surface area contributed by atoms with Crippen LogP contribution in [0, 0.1) is 5.92 Å². The predicted molar refractivity (Wildman–Crippen MR) is 52.1 cm³/mol. The summed E-state index contributed by atoms with van der Waals surface area (Å²) in [5.41, 5.74) is 0. The zero-order valence-corrected chi connectivity index (χ0v) is 8.42. The molecule has 1 unspecified atom stereocenters. The number of hydrogen-bond acceptors (Lipinski definition) is 2. The summed E-state index contributed by atoms with van der Waals surface area (Å²) in [5.74, 6) is 0.0797. The van der Waals surface area contributed by atoms with Crippen LogP contribution in [0.1, 0.15) is 6.92 Å².